The summed E-state index contributed by atoms with van der Waals surface area (Å²) in [5.41, 5.74) is 10.5. The van der Waals surface area contributed by atoms with Gasteiger partial charge in [-0.25, -0.2) is 0 Å². The van der Waals surface area contributed by atoms with Crippen molar-refractivity contribution in [2.24, 2.45) is 27.6 Å². The van der Waals surface area contributed by atoms with Gasteiger partial charge in [0.15, 0.2) is 11.6 Å². The normalized spacial score (nSPS) is 26.3. The predicted octanol–water partition coefficient (Wildman–Crippen LogP) is 1.16. The van der Waals surface area contributed by atoms with Crippen molar-refractivity contribution in [3.8, 4) is 0 Å². The molecular formula is C20H32N6O3. The lowest BCUT2D eigenvalue weighted by Gasteiger charge is -2.25. The minimum absolute atomic E-state index is 0.0177. The summed E-state index contributed by atoms with van der Waals surface area (Å²) in [4.78, 5) is 40.5. The number of nitrogens with one attached hydrogen (secondary N) is 1. The Morgan fingerprint density at radius 3 is 2.00 bits per heavy atom. The summed E-state index contributed by atoms with van der Waals surface area (Å²) in [5.74, 6) is -3.13. The second-order valence-electron chi connectivity index (χ2n) is 8.30. The van der Waals surface area contributed by atoms with Gasteiger partial charge in [-0.3, -0.25) is 19.3 Å². The Kier molecular flexibility index (Phi) is 7.22. The van der Waals surface area contributed by atoms with Crippen LogP contribution in [0.3, 0.4) is 0 Å². The second kappa shape index (κ2) is 9.84. The smallest absolute Gasteiger partial charge is 0.278 e. The monoisotopic (exact) mass is 404 g/mol. The molecule has 0 spiro atoms. The molecule has 5 N–H and O–H groups in total. The van der Waals surface area contributed by atoms with Gasteiger partial charge in [0, 0.05) is 12.1 Å². The van der Waals surface area contributed by atoms with Gasteiger partial charge in [0.25, 0.3) is 5.91 Å². The molecule has 9 heteroatoms. The largest absolute Gasteiger partial charge is 0.369 e. The van der Waals surface area contributed by atoms with E-state index in [1.165, 1.54) is 4.90 Å². The molecular weight excluding hydrogens is 372 g/mol. The fourth-order valence-electron chi connectivity index (χ4n) is 4.62. The zero-order valence-corrected chi connectivity index (χ0v) is 16.9. The molecule has 3 amide bonds. The quantitative estimate of drug-likeness (QED) is 0.161. The number of amides is 3. The zero-order valence-electron chi connectivity index (χ0n) is 16.9. The number of rotatable bonds is 4. The molecule has 160 valence electrons. The molecule has 2 aliphatic carbocycles. The number of nitrogens with two attached hydrogens (primary N) is 2. The van der Waals surface area contributed by atoms with Crippen LogP contribution in [0.5, 0.6) is 0 Å². The maximum Gasteiger partial charge on any atom is 0.278 e. The summed E-state index contributed by atoms with van der Waals surface area (Å²) in [7, 11) is 0. The van der Waals surface area contributed by atoms with E-state index < -0.39 is 23.6 Å². The molecule has 0 unspecified atom stereocenters. The van der Waals surface area contributed by atoms with Crippen molar-refractivity contribution in [2.75, 3.05) is 0 Å². The van der Waals surface area contributed by atoms with Crippen molar-refractivity contribution in [2.45, 2.75) is 89.1 Å². The highest BCUT2D eigenvalue weighted by Gasteiger charge is 2.51. The first-order valence-corrected chi connectivity index (χ1v) is 10.8. The standard InChI is InChI=1S/C20H32N6O3/c21-20(22)25-24-16-15(17(27)23-13-9-5-1-2-6-10-13)18(28)26(19(16)29)14-11-7-3-4-8-12-14/h13-15H,1-12H2,(H,23,27)(H4,21,22,25)/b24-16+/t15-/m0/s1. The maximum atomic E-state index is 13.2. The van der Waals surface area contributed by atoms with Crippen LogP contribution in [0.25, 0.3) is 0 Å². The second-order valence-corrected chi connectivity index (χ2v) is 8.30. The average Bonchev–Trinajstić information content (AvgIpc) is 2.98. The van der Waals surface area contributed by atoms with Gasteiger partial charge in [-0.1, -0.05) is 51.4 Å². The van der Waals surface area contributed by atoms with Crippen molar-refractivity contribution < 1.29 is 14.4 Å². The van der Waals surface area contributed by atoms with Gasteiger partial charge in [-0.15, -0.1) is 10.2 Å². The molecule has 3 fully saturated rings. The molecule has 0 aromatic rings. The molecule has 3 rings (SSSR count). The first-order valence-electron chi connectivity index (χ1n) is 10.8. The third-order valence-electron chi connectivity index (χ3n) is 6.12. The van der Waals surface area contributed by atoms with E-state index in [4.69, 9.17) is 11.5 Å². The number of guanidine groups is 1. The molecule has 1 atom stereocenters. The van der Waals surface area contributed by atoms with Crippen molar-refractivity contribution >= 4 is 29.4 Å². The van der Waals surface area contributed by atoms with E-state index in [1.807, 2.05) is 0 Å². The number of likely N-dealkylation sites (tertiary alicyclic amines) is 1. The Labute approximate surface area is 171 Å². The van der Waals surface area contributed by atoms with Crippen LogP contribution in [0.1, 0.15) is 77.0 Å². The molecule has 1 heterocycles. The first kappa shape index (κ1) is 21.3. The Bertz CT molecular complexity index is 684. The van der Waals surface area contributed by atoms with Crippen LogP contribution in [0.4, 0.5) is 0 Å². The summed E-state index contributed by atoms with van der Waals surface area (Å²) in [6, 6.07) is -0.179. The van der Waals surface area contributed by atoms with Gasteiger partial charge in [-0.2, -0.15) is 0 Å². The van der Waals surface area contributed by atoms with E-state index in [2.05, 4.69) is 15.5 Å². The SMILES string of the molecule is NC(N)=N/N=C1/C(=O)N(C2CCCCCC2)C(=O)[C@@H]1C(=O)NC1CCCCCC1. The van der Waals surface area contributed by atoms with Gasteiger partial charge in [0.05, 0.1) is 0 Å². The Morgan fingerprint density at radius 1 is 0.897 bits per heavy atom. The molecule has 0 bridgehead atoms. The summed E-state index contributed by atoms with van der Waals surface area (Å²) in [6.45, 7) is 0. The molecule has 29 heavy (non-hydrogen) atoms. The molecule has 9 nitrogen and oxygen atoms in total. The Balaban J connectivity index is 1.83. The minimum Gasteiger partial charge on any atom is -0.369 e. The predicted molar refractivity (Wildman–Crippen MR) is 110 cm³/mol. The van der Waals surface area contributed by atoms with Crippen molar-refractivity contribution in [1.29, 1.82) is 0 Å². The summed E-state index contributed by atoms with van der Waals surface area (Å²) >= 11 is 0. The van der Waals surface area contributed by atoms with Crippen LogP contribution in [0, 0.1) is 5.92 Å². The van der Waals surface area contributed by atoms with Crippen molar-refractivity contribution in [3.05, 3.63) is 0 Å². The van der Waals surface area contributed by atoms with Crippen LogP contribution in [0.15, 0.2) is 10.2 Å². The summed E-state index contributed by atoms with van der Waals surface area (Å²) in [6.07, 6.45) is 11.8. The number of imide groups is 1. The molecule has 0 aromatic heterocycles. The molecule has 0 aromatic carbocycles. The van der Waals surface area contributed by atoms with Crippen LogP contribution < -0.4 is 16.8 Å². The zero-order chi connectivity index (χ0) is 20.8. The highest BCUT2D eigenvalue weighted by molar-refractivity contribution is 6.54. The van der Waals surface area contributed by atoms with Crippen molar-refractivity contribution in [1.82, 2.24) is 10.2 Å². The van der Waals surface area contributed by atoms with Crippen LogP contribution in [-0.2, 0) is 14.4 Å². The number of hydrogen-bond acceptors (Lipinski definition) is 5. The van der Waals surface area contributed by atoms with E-state index >= 15 is 0 Å². The highest BCUT2D eigenvalue weighted by Crippen LogP contribution is 2.29. The van der Waals surface area contributed by atoms with E-state index in [1.54, 1.807) is 0 Å². The number of hydrogen-bond donors (Lipinski definition) is 3. The lowest BCUT2D eigenvalue weighted by Crippen LogP contribution is -2.44. The van der Waals surface area contributed by atoms with E-state index in [0.717, 1.165) is 77.0 Å². The lowest BCUT2D eigenvalue weighted by atomic mass is 10.0. The number of carbonyl (C=O) groups excluding carboxylic acids is 3. The fraction of sp³-hybridized carbons (Fsp3) is 0.750. The van der Waals surface area contributed by atoms with Gasteiger partial charge in [-0.05, 0) is 25.7 Å². The summed E-state index contributed by atoms with van der Waals surface area (Å²) < 4.78 is 0. The molecule has 2 saturated carbocycles. The number of carbonyl (C=O) groups is 3. The first-order chi connectivity index (χ1) is 14.0. The molecule has 0 radical (unpaired) electrons. The number of nitrogens with zero attached hydrogens (tertiary/aromatic N) is 3. The van der Waals surface area contributed by atoms with Crippen LogP contribution in [-0.4, -0.2) is 46.4 Å². The lowest BCUT2D eigenvalue weighted by molar-refractivity contribution is -0.143. The fourth-order valence-corrected chi connectivity index (χ4v) is 4.62. The Hall–Kier alpha value is -2.45. The average molecular weight is 405 g/mol. The van der Waals surface area contributed by atoms with Crippen molar-refractivity contribution in [3.63, 3.8) is 0 Å². The summed E-state index contributed by atoms with van der Waals surface area (Å²) in [5, 5.41) is 10.4. The highest BCUT2D eigenvalue weighted by atomic mass is 16.2. The van der Waals surface area contributed by atoms with Gasteiger partial charge >= 0.3 is 0 Å². The van der Waals surface area contributed by atoms with Crippen LogP contribution >= 0.6 is 0 Å². The van der Waals surface area contributed by atoms with Gasteiger partial charge in [0.1, 0.15) is 0 Å². The van der Waals surface area contributed by atoms with E-state index in [9.17, 15) is 14.4 Å². The third-order valence-corrected chi connectivity index (χ3v) is 6.12. The molecule has 1 saturated heterocycles. The van der Waals surface area contributed by atoms with E-state index in [0.29, 0.717) is 0 Å². The Morgan fingerprint density at radius 2 is 1.45 bits per heavy atom. The van der Waals surface area contributed by atoms with Crippen LogP contribution in [0.2, 0.25) is 0 Å². The van der Waals surface area contributed by atoms with Gasteiger partial charge in [0.2, 0.25) is 17.8 Å². The topological polar surface area (TPSA) is 143 Å². The third kappa shape index (κ3) is 5.13. The molecule has 1 aliphatic heterocycles. The van der Waals surface area contributed by atoms with E-state index in [-0.39, 0.29) is 23.8 Å². The minimum atomic E-state index is -1.28. The van der Waals surface area contributed by atoms with Gasteiger partial charge < -0.3 is 16.8 Å². The molecule has 3 aliphatic rings. The maximum absolute atomic E-state index is 13.2.